The van der Waals surface area contributed by atoms with Gasteiger partial charge in [0.2, 0.25) is 0 Å². The van der Waals surface area contributed by atoms with Crippen molar-refractivity contribution < 1.29 is 0 Å². The highest BCUT2D eigenvalue weighted by molar-refractivity contribution is 5.11. The Morgan fingerprint density at radius 3 is 3.00 bits per heavy atom. The van der Waals surface area contributed by atoms with Crippen LogP contribution >= 0.6 is 0 Å². The van der Waals surface area contributed by atoms with Gasteiger partial charge in [0.15, 0.2) is 0 Å². The predicted molar refractivity (Wildman–Crippen MR) is 82.4 cm³/mol. The van der Waals surface area contributed by atoms with Gasteiger partial charge in [-0.25, -0.2) is 0 Å². The number of hydrogen-bond donors (Lipinski definition) is 1. The first-order chi connectivity index (χ1) is 9.85. The van der Waals surface area contributed by atoms with Gasteiger partial charge < -0.3 is 9.88 Å². The first-order valence-electron chi connectivity index (χ1n) is 8.73. The number of fused-ring (bicyclic) bond motifs is 5. The molecular weight excluding hydrogens is 244 g/mol. The van der Waals surface area contributed by atoms with E-state index >= 15 is 0 Å². The third-order valence-electron chi connectivity index (χ3n) is 6.29. The summed E-state index contributed by atoms with van der Waals surface area (Å²) < 4.78 is 2.32. The average Bonchev–Trinajstić information content (AvgIpc) is 3.18. The highest BCUT2D eigenvalue weighted by atomic mass is 15.0. The summed E-state index contributed by atoms with van der Waals surface area (Å²) in [6.07, 6.45) is 13.3. The number of hydrogen-bond acceptors (Lipinski definition) is 1. The Bertz CT molecular complexity index is 464. The molecule has 0 amide bonds. The maximum absolute atomic E-state index is 3.88. The molecule has 4 rings (SSSR count). The van der Waals surface area contributed by atoms with Crippen molar-refractivity contribution in [1.29, 1.82) is 0 Å². The van der Waals surface area contributed by atoms with Crippen LogP contribution in [-0.4, -0.2) is 10.6 Å². The highest BCUT2D eigenvalue weighted by Crippen LogP contribution is 2.58. The standard InChI is InChI=1S/C18H28N2/c1-2-7-20-8-6-13(12-20)11-19-18-10-14-9-17(18)16-5-3-4-15(14)16/h6,8,12,14-19H,2-5,7,9-11H2,1H3. The molecule has 0 saturated heterocycles. The molecule has 2 nitrogen and oxygen atoms in total. The summed E-state index contributed by atoms with van der Waals surface area (Å²) in [4.78, 5) is 0. The lowest BCUT2D eigenvalue weighted by molar-refractivity contribution is 0.208. The van der Waals surface area contributed by atoms with Crippen molar-refractivity contribution in [3.8, 4) is 0 Å². The maximum atomic E-state index is 3.88. The number of aryl methyl sites for hydroxylation is 1. The van der Waals surface area contributed by atoms with Crippen LogP contribution in [0.5, 0.6) is 0 Å². The van der Waals surface area contributed by atoms with E-state index in [0.29, 0.717) is 0 Å². The molecule has 3 saturated carbocycles. The summed E-state index contributed by atoms with van der Waals surface area (Å²) >= 11 is 0. The van der Waals surface area contributed by atoms with Crippen LogP contribution in [0.3, 0.4) is 0 Å². The lowest BCUT2D eigenvalue weighted by Gasteiger charge is -2.32. The second kappa shape index (κ2) is 5.22. The van der Waals surface area contributed by atoms with E-state index in [1.54, 1.807) is 6.42 Å². The molecule has 0 aromatic carbocycles. The molecule has 1 aromatic heterocycles. The van der Waals surface area contributed by atoms with Crippen LogP contribution in [0.1, 0.15) is 51.0 Å². The highest BCUT2D eigenvalue weighted by Gasteiger charge is 2.53. The van der Waals surface area contributed by atoms with Crippen LogP contribution in [-0.2, 0) is 13.1 Å². The van der Waals surface area contributed by atoms with Crippen molar-refractivity contribution in [2.24, 2.45) is 23.7 Å². The lowest BCUT2D eigenvalue weighted by atomic mass is 9.79. The molecule has 0 aliphatic heterocycles. The summed E-state index contributed by atoms with van der Waals surface area (Å²) in [5, 5.41) is 3.88. The third-order valence-corrected chi connectivity index (χ3v) is 6.29. The third kappa shape index (κ3) is 2.13. The molecule has 110 valence electrons. The average molecular weight is 272 g/mol. The van der Waals surface area contributed by atoms with Crippen molar-refractivity contribution in [2.75, 3.05) is 0 Å². The maximum Gasteiger partial charge on any atom is 0.0223 e. The number of aromatic nitrogens is 1. The van der Waals surface area contributed by atoms with Gasteiger partial charge in [0.05, 0.1) is 0 Å². The number of nitrogens with zero attached hydrogens (tertiary/aromatic N) is 1. The molecule has 0 spiro atoms. The Kier molecular flexibility index (Phi) is 3.37. The zero-order valence-electron chi connectivity index (χ0n) is 12.7. The normalized spacial score (nSPS) is 38.5. The second-order valence-corrected chi connectivity index (χ2v) is 7.40. The fourth-order valence-electron chi connectivity index (χ4n) is 5.54. The molecular formula is C18H28N2. The molecule has 5 unspecified atom stereocenters. The molecule has 1 N–H and O–H groups in total. The van der Waals surface area contributed by atoms with Gasteiger partial charge in [0.1, 0.15) is 0 Å². The second-order valence-electron chi connectivity index (χ2n) is 7.40. The van der Waals surface area contributed by atoms with E-state index in [-0.39, 0.29) is 0 Å². The van der Waals surface area contributed by atoms with Crippen LogP contribution < -0.4 is 5.32 Å². The fourth-order valence-corrected chi connectivity index (χ4v) is 5.54. The van der Waals surface area contributed by atoms with Gasteiger partial charge in [-0.05, 0) is 67.4 Å². The zero-order valence-corrected chi connectivity index (χ0v) is 12.7. The molecule has 5 atom stereocenters. The van der Waals surface area contributed by atoms with Crippen LogP contribution in [0.4, 0.5) is 0 Å². The molecule has 3 aliphatic carbocycles. The van der Waals surface area contributed by atoms with Crippen LogP contribution in [0.15, 0.2) is 18.5 Å². The van der Waals surface area contributed by atoms with E-state index < -0.39 is 0 Å². The lowest BCUT2D eigenvalue weighted by Crippen LogP contribution is -2.38. The van der Waals surface area contributed by atoms with Crippen LogP contribution in [0.2, 0.25) is 0 Å². The predicted octanol–water partition coefficient (Wildman–Crippen LogP) is 3.81. The Morgan fingerprint density at radius 2 is 2.10 bits per heavy atom. The van der Waals surface area contributed by atoms with Crippen molar-refractivity contribution in [3.63, 3.8) is 0 Å². The van der Waals surface area contributed by atoms with Gasteiger partial charge in [-0.1, -0.05) is 13.3 Å². The summed E-state index contributed by atoms with van der Waals surface area (Å²) in [5.41, 5.74) is 1.46. The molecule has 0 radical (unpaired) electrons. The molecule has 1 aromatic rings. The summed E-state index contributed by atoms with van der Waals surface area (Å²) in [7, 11) is 0. The topological polar surface area (TPSA) is 17.0 Å². The monoisotopic (exact) mass is 272 g/mol. The van der Waals surface area contributed by atoms with Gasteiger partial charge in [0.25, 0.3) is 0 Å². The van der Waals surface area contributed by atoms with E-state index in [2.05, 4.69) is 35.3 Å². The summed E-state index contributed by atoms with van der Waals surface area (Å²) in [5.74, 6) is 4.26. The first kappa shape index (κ1) is 12.9. The van der Waals surface area contributed by atoms with E-state index in [0.717, 1.165) is 42.8 Å². The summed E-state index contributed by atoms with van der Waals surface area (Å²) in [6.45, 7) is 4.46. The largest absolute Gasteiger partial charge is 0.354 e. The van der Waals surface area contributed by atoms with Crippen molar-refractivity contribution in [1.82, 2.24) is 9.88 Å². The van der Waals surface area contributed by atoms with Crippen LogP contribution in [0, 0.1) is 23.7 Å². The molecule has 20 heavy (non-hydrogen) atoms. The quantitative estimate of drug-likeness (QED) is 0.862. The van der Waals surface area contributed by atoms with E-state index in [1.807, 2.05) is 0 Å². The van der Waals surface area contributed by atoms with Crippen molar-refractivity contribution in [2.45, 2.75) is 64.6 Å². The first-order valence-corrected chi connectivity index (χ1v) is 8.73. The van der Waals surface area contributed by atoms with Gasteiger partial charge in [-0.3, -0.25) is 0 Å². The van der Waals surface area contributed by atoms with Crippen molar-refractivity contribution >= 4 is 0 Å². The molecule has 2 heteroatoms. The molecule has 2 bridgehead atoms. The van der Waals surface area contributed by atoms with Gasteiger partial charge >= 0.3 is 0 Å². The number of rotatable bonds is 5. The van der Waals surface area contributed by atoms with E-state index in [9.17, 15) is 0 Å². The Balaban J connectivity index is 1.34. The Labute approximate surface area is 122 Å². The number of nitrogens with one attached hydrogen (secondary N) is 1. The van der Waals surface area contributed by atoms with Gasteiger partial charge in [-0.15, -0.1) is 0 Å². The Morgan fingerprint density at radius 1 is 1.20 bits per heavy atom. The smallest absolute Gasteiger partial charge is 0.0223 e. The van der Waals surface area contributed by atoms with E-state index in [1.165, 1.54) is 37.7 Å². The minimum atomic E-state index is 0.814. The van der Waals surface area contributed by atoms with Gasteiger partial charge in [0, 0.05) is 31.5 Å². The SMILES string of the molecule is CCCn1ccc(CNC2CC3CC2C2CCCC32)c1. The molecule has 3 fully saturated rings. The van der Waals surface area contributed by atoms with Gasteiger partial charge in [-0.2, -0.15) is 0 Å². The fraction of sp³-hybridized carbons (Fsp3) is 0.778. The van der Waals surface area contributed by atoms with E-state index in [4.69, 9.17) is 0 Å². The molecule has 1 heterocycles. The van der Waals surface area contributed by atoms with Crippen LogP contribution in [0.25, 0.3) is 0 Å². The van der Waals surface area contributed by atoms with Crippen molar-refractivity contribution in [3.05, 3.63) is 24.0 Å². The Hall–Kier alpha value is -0.760. The zero-order chi connectivity index (χ0) is 13.5. The molecule has 3 aliphatic rings. The minimum Gasteiger partial charge on any atom is -0.354 e. The minimum absolute atomic E-state index is 0.814. The summed E-state index contributed by atoms with van der Waals surface area (Å²) in [6, 6.07) is 3.10.